The summed E-state index contributed by atoms with van der Waals surface area (Å²) in [4.78, 5) is 11.4. The van der Waals surface area contributed by atoms with Crippen LogP contribution in [0.2, 0.25) is 5.02 Å². The maximum absolute atomic E-state index is 11.4. The van der Waals surface area contributed by atoms with Crippen LogP contribution in [0.3, 0.4) is 0 Å². The molecule has 0 heterocycles. The SMILES string of the molecule is CC(=O)c1cc(Cl)ccc1OCCC1CC1. The van der Waals surface area contributed by atoms with Crippen LogP contribution in [0.4, 0.5) is 0 Å². The largest absolute Gasteiger partial charge is 0.493 e. The summed E-state index contributed by atoms with van der Waals surface area (Å²) in [5.41, 5.74) is 0.572. The molecule has 1 aromatic carbocycles. The maximum Gasteiger partial charge on any atom is 0.163 e. The van der Waals surface area contributed by atoms with Gasteiger partial charge in [-0.2, -0.15) is 0 Å². The lowest BCUT2D eigenvalue weighted by Crippen LogP contribution is -2.03. The van der Waals surface area contributed by atoms with Crippen LogP contribution in [0, 0.1) is 5.92 Å². The Kier molecular flexibility index (Phi) is 3.49. The maximum atomic E-state index is 11.4. The van der Waals surface area contributed by atoms with E-state index in [9.17, 15) is 4.79 Å². The van der Waals surface area contributed by atoms with E-state index in [0.717, 1.165) is 12.3 Å². The molecule has 3 heteroatoms. The second-order valence-electron chi connectivity index (χ2n) is 4.28. The highest BCUT2D eigenvalue weighted by molar-refractivity contribution is 6.31. The predicted molar refractivity (Wildman–Crippen MR) is 64.3 cm³/mol. The Morgan fingerprint density at radius 1 is 1.50 bits per heavy atom. The van der Waals surface area contributed by atoms with Crippen molar-refractivity contribution in [2.24, 2.45) is 5.92 Å². The number of rotatable bonds is 5. The molecule has 0 spiro atoms. The molecule has 1 aliphatic carbocycles. The summed E-state index contributed by atoms with van der Waals surface area (Å²) in [6.45, 7) is 2.21. The molecule has 0 saturated heterocycles. The van der Waals surface area contributed by atoms with E-state index >= 15 is 0 Å². The zero-order valence-electron chi connectivity index (χ0n) is 9.33. The minimum Gasteiger partial charge on any atom is -0.493 e. The van der Waals surface area contributed by atoms with E-state index in [4.69, 9.17) is 16.3 Å². The third-order valence-corrected chi connectivity index (χ3v) is 3.04. The first-order chi connectivity index (χ1) is 7.66. The highest BCUT2D eigenvalue weighted by Gasteiger charge is 2.21. The number of benzene rings is 1. The van der Waals surface area contributed by atoms with Gasteiger partial charge in [0.25, 0.3) is 0 Å². The van der Waals surface area contributed by atoms with E-state index in [1.54, 1.807) is 18.2 Å². The molecule has 16 heavy (non-hydrogen) atoms. The number of halogens is 1. The number of Topliss-reactive ketones (excluding diaryl/α,β-unsaturated/α-hetero) is 1. The van der Waals surface area contributed by atoms with Gasteiger partial charge in [0.2, 0.25) is 0 Å². The van der Waals surface area contributed by atoms with E-state index in [1.807, 2.05) is 0 Å². The van der Waals surface area contributed by atoms with Crippen molar-refractivity contribution in [2.75, 3.05) is 6.61 Å². The van der Waals surface area contributed by atoms with Crippen molar-refractivity contribution in [3.8, 4) is 5.75 Å². The molecule has 0 atom stereocenters. The number of hydrogen-bond acceptors (Lipinski definition) is 2. The molecule has 1 fully saturated rings. The van der Waals surface area contributed by atoms with Gasteiger partial charge in [0.15, 0.2) is 5.78 Å². The third-order valence-electron chi connectivity index (χ3n) is 2.80. The van der Waals surface area contributed by atoms with Gasteiger partial charge < -0.3 is 4.74 Å². The van der Waals surface area contributed by atoms with Gasteiger partial charge in [-0.25, -0.2) is 0 Å². The standard InChI is InChI=1S/C13H15ClO2/c1-9(15)12-8-11(14)4-5-13(12)16-7-6-10-2-3-10/h4-5,8,10H,2-3,6-7H2,1H3. The summed E-state index contributed by atoms with van der Waals surface area (Å²) in [5, 5.41) is 0.569. The molecule has 0 N–H and O–H groups in total. The molecule has 1 saturated carbocycles. The fourth-order valence-corrected chi connectivity index (χ4v) is 1.82. The first-order valence-corrected chi connectivity index (χ1v) is 5.98. The van der Waals surface area contributed by atoms with E-state index in [2.05, 4.69) is 0 Å². The van der Waals surface area contributed by atoms with Gasteiger partial charge in [0, 0.05) is 5.02 Å². The van der Waals surface area contributed by atoms with Crippen molar-refractivity contribution >= 4 is 17.4 Å². The number of ether oxygens (including phenoxy) is 1. The average molecular weight is 239 g/mol. The number of carbonyl (C=O) groups is 1. The quantitative estimate of drug-likeness (QED) is 0.731. The van der Waals surface area contributed by atoms with Crippen LogP contribution in [0.15, 0.2) is 18.2 Å². The molecule has 0 amide bonds. The zero-order chi connectivity index (χ0) is 11.5. The van der Waals surface area contributed by atoms with Crippen molar-refractivity contribution < 1.29 is 9.53 Å². The fourth-order valence-electron chi connectivity index (χ4n) is 1.65. The van der Waals surface area contributed by atoms with Crippen LogP contribution in [0.5, 0.6) is 5.75 Å². The summed E-state index contributed by atoms with van der Waals surface area (Å²) in [7, 11) is 0. The van der Waals surface area contributed by atoms with Gasteiger partial charge in [-0.15, -0.1) is 0 Å². The van der Waals surface area contributed by atoms with Crippen LogP contribution in [0.25, 0.3) is 0 Å². The fraction of sp³-hybridized carbons (Fsp3) is 0.462. The van der Waals surface area contributed by atoms with Gasteiger partial charge in [-0.1, -0.05) is 24.4 Å². The van der Waals surface area contributed by atoms with Gasteiger partial charge in [-0.05, 0) is 37.5 Å². The molecule has 2 nitrogen and oxygen atoms in total. The molecule has 0 bridgehead atoms. The van der Waals surface area contributed by atoms with Gasteiger partial charge in [0.1, 0.15) is 5.75 Å². The molecule has 0 aromatic heterocycles. The van der Waals surface area contributed by atoms with Crippen LogP contribution >= 0.6 is 11.6 Å². The first-order valence-electron chi connectivity index (χ1n) is 5.60. The topological polar surface area (TPSA) is 26.3 Å². The molecular formula is C13H15ClO2. The Morgan fingerprint density at radius 3 is 2.88 bits per heavy atom. The zero-order valence-corrected chi connectivity index (χ0v) is 10.1. The second kappa shape index (κ2) is 4.88. The normalized spacial score (nSPS) is 14.9. The highest BCUT2D eigenvalue weighted by atomic mass is 35.5. The average Bonchev–Trinajstić information content (AvgIpc) is 3.04. The van der Waals surface area contributed by atoms with Crippen LogP contribution in [-0.2, 0) is 0 Å². The molecule has 0 radical (unpaired) electrons. The minimum atomic E-state index is -0.0103. The second-order valence-corrected chi connectivity index (χ2v) is 4.71. The van der Waals surface area contributed by atoms with E-state index in [-0.39, 0.29) is 5.78 Å². The smallest absolute Gasteiger partial charge is 0.163 e. The van der Waals surface area contributed by atoms with Crippen molar-refractivity contribution in [3.05, 3.63) is 28.8 Å². The molecule has 2 rings (SSSR count). The minimum absolute atomic E-state index is 0.0103. The van der Waals surface area contributed by atoms with E-state index in [0.29, 0.717) is 22.9 Å². The molecule has 1 aliphatic rings. The summed E-state index contributed by atoms with van der Waals surface area (Å²) >= 11 is 5.85. The lowest BCUT2D eigenvalue weighted by Gasteiger charge is -2.09. The molecule has 86 valence electrons. The monoisotopic (exact) mass is 238 g/mol. The molecule has 0 aliphatic heterocycles. The Morgan fingerprint density at radius 2 is 2.25 bits per heavy atom. The lowest BCUT2D eigenvalue weighted by atomic mass is 10.1. The summed E-state index contributed by atoms with van der Waals surface area (Å²) in [5.74, 6) is 1.48. The van der Waals surface area contributed by atoms with Crippen LogP contribution < -0.4 is 4.74 Å². The van der Waals surface area contributed by atoms with Gasteiger partial charge >= 0.3 is 0 Å². The number of carbonyl (C=O) groups excluding carboxylic acids is 1. The van der Waals surface area contributed by atoms with Crippen molar-refractivity contribution in [2.45, 2.75) is 26.2 Å². The van der Waals surface area contributed by atoms with Crippen molar-refractivity contribution in [3.63, 3.8) is 0 Å². The number of hydrogen-bond donors (Lipinski definition) is 0. The molecule has 0 unspecified atom stereocenters. The first kappa shape index (κ1) is 11.5. The summed E-state index contributed by atoms with van der Waals surface area (Å²) in [6, 6.07) is 5.18. The Labute approximate surface area is 101 Å². The van der Waals surface area contributed by atoms with Crippen LogP contribution in [0.1, 0.15) is 36.5 Å². The van der Waals surface area contributed by atoms with Crippen molar-refractivity contribution in [1.82, 2.24) is 0 Å². The Hall–Kier alpha value is -1.02. The summed E-state index contributed by atoms with van der Waals surface area (Å²) in [6.07, 6.45) is 3.73. The molecular weight excluding hydrogens is 224 g/mol. The van der Waals surface area contributed by atoms with E-state index in [1.165, 1.54) is 19.8 Å². The van der Waals surface area contributed by atoms with E-state index < -0.39 is 0 Å². The summed E-state index contributed by atoms with van der Waals surface area (Å²) < 4.78 is 5.62. The highest BCUT2D eigenvalue weighted by Crippen LogP contribution is 2.32. The number of ketones is 1. The molecule has 1 aromatic rings. The third kappa shape index (κ3) is 2.99. The Balaban J connectivity index is 2.02. The van der Waals surface area contributed by atoms with Crippen molar-refractivity contribution in [1.29, 1.82) is 0 Å². The lowest BCUT2D eigenvalue weighted by molar-refractivity contribution is 0.101. The van der Waals surface area contributed by atoms with Gasteiger partial charge in [0.05, 0.1) is 12.2 Å². The Bertz CT molecular complexity index is 397. The predicted octanol–water partition coefficient (Wildman–Crippen LogP) is 3.72. The van der Waals surface area contributed by atoms with Crippen LogP contribution in [-0.4, -0.2) is 12.4 Å². The van der Waals surface area contributed by atoms with Gasteiger partial charge in [-0.3, -0.25) is 4.79 Å².